The molecule has 0 N–H and O–H groups in total. The Hall–Kier alpha value is -1.93. The fourth-order valence-corrected chi connectivity index (χ4v) is 2.97. The average molecular weight is 234 g/mol. The van der Waals surface area contributed by atoms with Crippen LogP contribution in [0.2, 0.25) is 0 Å². The summed E-state index contributed by atoms with van der Waals surface area (Å²) < 4.78 is 0. The van der Waals surface area contributed by atoms with Gasteiger partial charge in [0.15, 0.2) is 0 Å². The summed E-state index contributed by atoms with van der Waals surface area (Å²) in [5.41, 5.74) is 3.91. The van der Waals surface area contributed by atoms with Crippen LogP contribution >= 0.6 is 0 Å². The van der Waals surface area contributed by atoms with Gasteiger partial charge < -0.3 is 0 Å². The Kier molecular flexibility index (Phi) is 1.97. The van der Waals surface area contributed by atoms with E-state index in [-0.39, 0.29) is 5.54 Å². The Morgan fingerprint density at radius 1 is 0.889 bits per heavy atom. The van der Waals surface area contributed by atoms with E-state index in [1.54, 1.807) is 0 Å². The van der Waals surface area contributed by atoms with Crippen molar-refractivity contribution in [2.75, 3.05) is 13.2 Å². The van der Waals surface area contributed by atoms with E-state index in [1.807, 2.05) is 0 Å². The third kappa shape index (κ3) is 1.24. The minimum absolute atomic E-state index is 0.0581. The first-order chi connectivity index (χ1) is 8.91. The molecule has 0 radical (unpaired) electrons. The van der Waals surface area contributed by atoms with Crippen LogP contribution in [0.15, 0.2) is 65.7 Å². The van der Waals surface area contributed by atoms with Crippen LogP contribution in [0.3, 0.4) is 0 Å². The fourth-order valence-electron chi connectivity index (χ4n) is 2.97. The minimum atomic E-state index is 0.0581. The number of nitrogens with zero attached hydrogens (tertiary/aromatic N) is 2. The van der Waals surface area contributed by atoms with E-state index < -0.39 is 0 Å². The van der Waals surface area contributed by atoms with Gasteiger partial charge in [0.1, 0.15) is 5.54 Å². The summed E-state index contributed by atoms with van der Waals surface area (Å²) in [5.74, 6) is 0. The normalized spacial score (nSPS) is 28.7. The zero-order chi connectivity index (χ0) is 12.0. The van der Waals surface area contributed by atoms with Crippen LogP contribution in [-0.2, 0) is 5.54 Å². The summed E-state index contributed by atoms with van der Waals surface area (Å²) in [4.78, 5) is 7.15. The van der Waals surface area contributed by atoms with Gasteiger partial charge in [0.2, 0.25) is 0 Å². The van der Waals surface area contributed by atoms with Crippen molar-refractivity contribution in [1.29, 1.82) is 0 Å². The largest absolute Gasteiger partial charge is 0.271 e. The third-order valence-corrected chi connectivity index (χ3v) is 3.95. The van der Waals surface area contributed by atoms with Gasteiger partial charge in [0.05, 0.1) is 12.4 Å². The molecule has 88 valence electrons. The molecule has 1 saturated heterocycles. The van der Waals surface area contributed by atoms with Crippen molar-refractivity contribution < 1.29 is 0 Å². The fraction of sp³-hybridized carbons (Fsp3) is 0.188. The van der Waals surface area contributed by atoms with Gasteiger partial charge in [-0.25, -0.2) is 0 Å². The second kappa shape index (κ2) is 3.53. The number of benzene rings is 2. The average Bonchev–Trinajstić information content (AvgIpc) is 3.07. The van der Waals surface area contributed by atoms with E-state index in [9.17, 15) is 0 Å². The van der Waals surface area contributed by atoms with Crippen LogP contribution < -0.4 is 0 Å². The number of hydrogen-bond acceptors (Lipinski definition) is 2. The van der Waals surface area contributed by atoms with Crippen LogP contribution in [0.4, 0.5) is 0 Å². The highest BCUT2D eigenvalue weighted by Gasteiger charge is 2.60. The van der Waals surface area contributed by atoms with E-state index in [4.69, 9.17) is 4.99 Å². The summed E-state index contributed by atoms with van der Waals surface area (Å²) in [7, 11) is 0. The Labute approximate surface area is 107 Å². The summed E-state index contributed by atoms with van der Waals surface area (Å²) in [6.45, 7) is 1.93. The van der Waals surface area contributed by atoms with Crippen LogP contribution in [0, 0.1) is 0 Å². The van der Waals surface area contributed by atoms with Crippen molar-refractivity contribution in [3.63, 3.8) is 0 Å². The minimum Gasteiger partial charge on any atom is -0.271 e. The predicted molar refractivity (Wildman–Crippen MR) is 72.7 cm³/mol. The molecule has 0 amide bonds. The second-order valence-electron chi connectivity index (χ2n) is 4.94. The second-order valence-corrected chi connectivity index (χ2v) is 4.94. The summed E-state index contributed by atoms with van der Waals surface area (Å²) in [6.07, 6.45) is 0. The molecule has 4 rings (SSSR count). The molecule has 2 nitrogen and oxygen atoms in total. The number of aliphatic imine (C=N–C) groups is 1. The smallest absolute Gasteiger partial charge is 0.104 e. The third-order valence-electron chi connectivity index (χ3n) is 3.95. The molecule has 18 heavy (non-hydrogen) atoms. The Morgan fingerprint density at radius 2 is 1.56 bits per heavy atom. The molecule has 0 aromatic heterocycles. The number of rotatable bonds is 2. The van der Waals surface area contributed by atoms with E-state index in [0.29, 0.717) is 0 Å². The van der Waals surface area contributed by atoms with Gasteiger partial charge >= 0.3 is 0 Å². The number of fused-ring (bicyclic) bond motifs is 1. The van der Waals surface area contributed by atoms with Crippen molar-refractivity contribution >= 4 is 5.71 Å². The van der Waals surface area contributed by atoms with Crippen LogP contribution in [0.1, 0.15) is 11.1 Å². The van der Waals surface area contributed by atoms with E-state index in [0.717, 1.165) is 13.2 Å². The molecule has 2 aromatic rings. The Balaban J connectivity index is 1.82. The Morgan fingerprint density at radius 3 is 2.22 bits per heavy atom. The summed E-state index contributed by atoms with van der Waals surface area (Å²) in [6, 6.07) is 21.3. The molecule has 2 aliphatic heterocycles. The van der Waals surface area contributed by atoms with Crippen LogP contribution in [-0.4, -0.2) is 23.8 Å². The van der Waals surface area contributed by atoms with Gasteiger partial charge in [-0.15, -0.1) is 0 Å². The van der Waals surface area contributed by atoms with Crippen molar-refractivity contribution in [2.24, 2.45) is 4.99 Å². The van der Waals surface area contributed by atoms with Crippen LogP contribution in [0.25, 0.3) is 0 Å². The monoisotopic (exact) mass is 234 g/mol. The lowest BCUT2D eigenvalue weighted by molar-refractivity contribution is 0.528. The van der Waals surface area contributed by atoms with Crippen molar-refractivity contribution in [2.45, 2.75) is 5.54 Å². The zero-order valence-corrected chi connectivity index (χ0v) is 10.1. The van der Waals surface area contributed by atoms with Crippen molar-refractivity contribution in [3.8, 4) is 0 Å². The molecule has 2 atom stereocenters. The van der Waals surface area contributed by atoms with Crippen molar-refractivity contribution in [3.05, 3.63) is 71.8 Å². The van der Waals surface area contributed by atoms with E-state index >= 15 is 0 Å². The quantitative estimate of drug-likeness (QED) is 0.729. The highest BCUT2D eigenvalue weighted by atomic mass is 15.4. The van der Waals surface area contributed by atoms with Gasteiger partial charge in [-0.1, -0.05) is 60.7 Å². The highest BCUT2D eigenvalue weighted by molar-refractivity contribution is 6.11. The van der Waals surface area contributed by atoms with Gasteiger partial charge in [0, 0.05) is 6.54 Å². The molecule has 2 aromatic carbocycles. The van der Waals surface area contributed by atoms with Gasteiger partial charge in [0.25, 0.3) is 0 Å². The summed E-state index contributed by atoms with van der Waals surface area (Å²) in [5, 5.41) is 0. The molecule has 0 bridgehead atoms. The standard InChI is InChI=1S/C16H14N2/c1-3-7-13(8-4-1)15-16(11-18(16)12-17-15)14-9-5-2-6-10-14/h1-10H,11-12H2/t16-,18?/m0/s1. The SMILES string of the molecule is c1ccc(C2=NCN3C[C@]23c2ccccc2)cc1. The molecular formula is C16H14N2. The molecule has 0 spiro atoms. The maximum Gasteiger partial charge on any atom is 0.104 e. The molecule has 1 fully saturated rings. The zero-order valence-electron chi connectivity index (χ0n) is 10.1. The molecule has 0 saturated carbocycles. The lowest BCUT2D eigenvalue weighted by Gasteiger charge is -2.15. The van der Waals surface area contributed by atoms with Gasteiger partial charge in [-0.3, -0.25) is 9.89 Å². The lowest BCUT2D eigenvalue weighted by atomic mass is 9.90. The first kappa shape index (κ1) is 10.0. The van der Waals surface area contributed by atoms with Gasteiger partial charge in [-0.2, -0.15) is 0 Å². The molecule has 0 aliphatic carbocycles. The van der Waals surface area contributed by atoms with Crippen molar-refractivity contribution in [1.82, 2.24) is 4.90 Å². The topological polar surface area (TPSA) is 15.4 Å². The molecule has 2 heterocycles. The number of hydrogen-bond donors (Lipinski definition) is 0. The Bertz CT molecular complexity index is 604. The first-order valence-corrected chi connectivity index (χ1v) is 6.32. The van der Waals surface area contributed by atoms with Crippen LogP contribution in [0.5, 0.6) is 0 Å². The predicted octanol–water partition coefficient (Wildman–Crippen LogP) is 2.66. The molecular weight excluding hydrogens is 220 g/mol. The highest BCUT2D eigenvalue weighted by Crippen LogP contribution is 2.48. The van der Waals surface area contributed by atoms with E-state index in [2.05, 4.69) is 65.6 Å². The molecule has 2 heteroatoms. The van der Waals surface area contributed by atoms with Gasteiger partial charge in [-0.05, 0) is 11.1 Å². The van der Waals surface area contributed by atoms with E-state index in [1.165, 1.54) is 16.8 Å². The maximum atomic E-state index is 4.73. The summed E-state index contributed by atoms with van der Waals surface area (Å²) >= 11 is 0. The maximum absolute atomic E-state index is 4.73. The molecule has 1 unspecified atom stereocenters. The first-order valence-electron chi connectivity index (χ1n) is 6.32. The lowest BCUT2D eigenvalue weighted by Crippen LogP contribution is -2.23. The molecule has 2 aliphatic rings.